The Labute approximate surface area is 118 Å². The highest BCUT2D eigenvalue weighted by Gasteiger charge is 2.12. The molecule has 2 N–H and O–H groups in total. The third kappa shape index (κ3) is 2.49. The van der Waals surface area contributed by atoms with Crippen molar-refractivity contribution in [3.63, 3.8) is 0 Å². The lowest BCUT2D eigenvalue weighted by Crippen LogP contribution is -2.13. The SMILES string of the molecule is NC(Cc1cn2ccsc2n1)c1ccc(F)c(Cl)c1. The second-order valence-corrected chi connectivity index (χ2v) is 5.59. The van der Waals surface area contributed by atoms with E-state index in [1.807, 2.05) is 22.2 Å². The van der Waals surface area contributed by atoms with Gasteiger partial charge in [0.15, 0.2) is 4.96 Å². The minimum atomic E-state index is -0.430. The monoisotopic (exact) mass is 295 g/mol. The zero-order valence-electron chi connectivity index (χ0n) is 9.88. The maximum atomic E-state index is 13.1. The lowest BCUT2D eigenvalue weighted by Gasteiger charge is -2.10. The van der Waals surface area contributed by atoms with E-state index in [1.54, 1.807) is 23.5 Å². The minimum absolute atomic E-state index is 0.0961. The van der Waals surface area contributed by atoms with Gasteiger partial charge in [-0.05, 0) is 17.7 Å². The second-order valence-electron chi connectivity index (χ2n) is 4.31. The van der Waals surface area contributed by atoms with Gasteiger partial charge in [0.05, 0.1) is 10.7 Å². The number of aromatic nitrogens is 2. The molecule has 0 saturated carbocycles. The Balaban J connectivity index is 1.82. The molecule has 2 aromatic heterocycles. The van der Waals surface area contributed by atoms with E-state index in [0.29, 0.717) is 6.42 Å². The van der Waals surface area contributed by atoms with Gasteiger partial charge in [0.25, 0.3) is 0 Å². The fourth-order valence-corrected chi connectivity index (χ4v) is 2.87. The Bertz CT molecular complexity index is 693. The van der Waals surface area contributed by atoms with Crippen molar-refractivity contribution in [2.45, 2.75) is 12.5 Å². The minimum Gasteiger partial charge on any atom is -0.324 e. The average molecular weight is 296 g/mol. The smallest absolute Gasteiger partial charge is 0.193 e. The fourth-order valence-electron chi connectivity index (χ4n) is 1.96. The van der Waals surface area contributed by atoms with Crippen LogP contribution in [0.2, 0.25) is 5.02 Å². The first-order chi connectivity index (χ1) is 9.13. The number of thiazole rings is 1. The summed E-state index contributed by atoms with van der Waals surface area (Å²) in [5.41, 5.74) is 7.83. The molecule has 0 aliphatic rings. The zero-order chi connectivity index (χ0) is 13.4. The molecule has 2 heterocycles. The average Bonchev–Trinajstić information content (AvgIpc) is 2.93. The van der Waals surface area contributed by atoms with E-state index >= 15 is 0 Å². The molecule has 0 amide bonds. The topological polar surface area (TPSA) is 43.3 Å². The number of nitrogens with two attached hydrogens (primary N) is 1. The van der Waals surface area contributed by atoms with Crippen molar-refractivity contribution in [3.8, 4) is 0 Å². The molecule has 1 unspecified atom stereocenters. The van der Waals surface area contributed by atoms with Gasteiger partial charge in [-0.3, -0.25) is 4.40 Å². The Hall–Kier alpha value is -1.43. The molecule has 0 saturated heterocycles. The number of fused-ring (bicyclic) bond motifs is 1. The summed E-state index contributed by atoms with van der Waals surface area (Å²) in [6.45, 7) is 0. The number of imidazole rings is 1. The van der Waals surface area contributed by atoms with Crippen molar-refractivity contribution in [1.82, 2.24) is 9.38 Å². The molecule has 98 valence electrons. The highest BCUT2D eigenvalue weighted by atomic mass is 35.5. The Morgan fingerprint density at radius 1 is 1.47 bits per heavy atom. The molecule has 1 atom stereocenters. The van der Waals surface area contributed by atoms with E-state index in [0.717, 1.165) is 16.2 Å². The summed E-state index contributed by atoms with van der Waals surface area (Å²) in [5.74, 6) is -0.430. The van der Waals surface area contributed by atoms with Gasteiger partial charge >= 0.3 is 0 Å². The summed E-state index contributed by atoms with van der Waals surface area (Å²) in [4.78, 5) is 5.42. The maximum absolute atomic E-state index is 13.1. The third-order valence-electron chi connectivity index (χ3n) is 2.94. The molecule has 6 heteroatoms. The summed E-state index contributed by atoms with van der Waals surface area (Å²) in [6.07, 6.45) is 4.50. The van der Waals surface area contributed by atoms with E-state index < -0.39 is 5.82 Å². The summed E-state index contributed by atoms with van der Waals surface area (Å²) in [7, 11) is 0. The molecule has 3 nitrogen and oxygen atoms in total. The largest absolute Gasteiger partial charge is 0.324 e. The summed E-state index contributed by atoms with van der Waals surface area (Å²) in [5, 5.41) is 2.07. The van der Waals surface area contributed by atoms with E-state index in [2.05, 4.69) is 4.98 Å². The van der Waals surface area contributed by atoms with Crippen LogP contribution in [-0.4, -0.2) is 9.38 Å². The standard InChI is InChI=1S/C13H11ClFN3S/c14-10-5-8(1-2-11(10)15)12(16)6-9-7-18-3-4-19-13(18)17-9/h1-5,7,12H,6,16H2. The van der Waals surface area contributed by atoms with Crippen LogP contribution in [0.15, 0.2) is 36.0 Å². The van der Waals surface area contributed by atoms with Crippen LogP contribution in [0.3, 0.4) is 0 Å². The maximum Gasteiger partial charge on any atom is 0.193 e. The molecule has 1 aromatic carbocycles. The first-order valence-corrected chi connectivity index (χ1v) is 7.01. The number of hydrogen-bond donors (Lipinski definition) is 1. The van der Waals surface area contributed by atoms with Gasteiger partial charge in [-0.1, -0.05) is 17.7 Å². The molecule has 0 aliphatic heterocycles. The van der Waals surface area contributed by atoms with Crippen molar-refractivity contribution >= 4 is 27.9 Å². The van der Waals surface area contributed by atoms with Crippen molar-refractivity contribution < 1.29 is 4.39 Å². The van der Waals surface area contributed by atoms with Crippen LogP contribution in [0.25, 0.3) is 4.96 Å². The molecule has 19 heavy (non-hydrogen) atoms. The molecule has 0 fully saturated rings. The zero-order valence-corrected chi connectivity index (χ0v) is 11.5. The summed E-state index contributed by atoms with van der Waals surface area (Å²) < 4.78 is 15.1. The predicted octanol–water partition coefficient (Wildman–Crippen LogP) is 3.43. The van der Waals surface area contributed by atoms with Crippen molar-refractivity contribution in [2.75, 3.05) is 0 Å². The second kappa shape index (κ2) is 4.92. The lowest BCUT2D eigenvalue weighted by molar-refractivity contribution is 0.624. The fraction of sp³-hybridized carbons (Fsp3) is 0.154. The van der Waals surface area contributed by atoms with Crippen LogP contribution >= 0.6 is 22.9 Å². The molecule has 0 radical (unpaired) electrons. The van der Waals surface area contributed by atoms with Crippen LogP contribution in [0.5, 0.6) is 0 Å². The van der Waals surface area contributed by atoms with Crippen LogP contribution in [0, 0.1) is 5.82 Å². The number of benzene rings is 1. The molecule has 3 aromatic rings. The van der Waals surface area contributed by atoms with Gasteiger partial charge in [0.2, 0.25) is 0 Å². The van der Waals surface area contributed by atoms with E-state index in [-0.39, 0.29) is 11.1 Å². The number of hydrogen-bond acceptors (Lipinski definition) is 3. The normalized spacial score (nSPS) is 13.0. The quantitative estimate of drug-likeness (QED) is 0.804. The van der Waals surface area contributed by atoms with E-state index in [9.17, 15) is 4.39 Å². The first kappa shape index (κ1) is 12.6. The van der Waals surface area contributed by atoms with Gasteiger partial charge in [-0.25, -0.2) is 9.37 Å². The molecular formula is C13H11ClFN3S. The Morgan fingerprint density at radius 3 is 3.05 bits per heavy atom. The van der Waals surface area contributed by atoms with Crippen LogP contribution in [0.4, 0.5) is 4.39 Å². The van der Waals surface area contributed by atoms with Crippen molar-refractivity contribution in [3.05, 3.63) is 58.1 Å². The number of rotatable bonds is 3. The highest BCUT2D eigenvalue weighted by molar-refractivity contribution is 7.15. The summed E-state index contributed by atoms with van der Waals surface area (Å²) >= 11 is 7.33. The van der Waals surface area contributed by atoms with E-state index in [4.69, 9.17) is 17.3 Å². The molecule has 0 bridgehead atoms. The molecule has 3 rings (SSSR count). The Morgan fingerprint density at radius 2 is 2.32 bits per heavy atom. The van der Waals surface area contributed by atoms with Gasteiger partial charge in [-0.2, -0.15) is 0 Å². The Kier molecular flexibility index (Phi) is 3.26. The summed E-state index contributed by atoms with van der Waals surface area (Å²) in [6, 6.07) is 4.32. The van der Waals surface area contributed by atoms with Gasteiger partial charge in [0.1, 0.15) is 5.82 Å². The highest BCUT2D eigenvalue weighted by Crippen LogP contribution is 2.22. The van der Waals surface area contributed by atoms with Gasteiger partial charge in [-0.15, -0.1) is 11.3 Å². The van der Waals surface area contributed by atoms with E-state index in [1.165, 1.54) is 6.07 Å². The van der Waals surface area contributed by atoms with Gasteiger partial charge in [0, 0.05) is 30.2 Å². The number of nitrogens with zero attached hydrogens (tertiary/aromatic N) is 2. The van der Waals surface area contributed by atoms with Crippen LogP contribution < -0.4 is 5.73 Å². The molecule has 0 aliphatic carbocycles. The van der Waals surface area contributed by atoms with Gasteiger partial charge < -0.3 is 5.73 Å². The first-order valence-electron chi connectivity index (χ1n) is 5.75. The molecular weight excluding hydrogens is 285 g/mol. The molecule has 0 spiro atoms. The predicted molar refractivity (Wildman–Crippen MR) is 75.1 cm³/mol. The van der Waals surface area contributed by atoms with Crippen LogP contribution in [-0.2, 0) is 6.42 Å². The number of halogens is 2. The third-order valence-corrected chi connectivity index (χ3v) is 4.00. The van der Waals surface area contributed by atoms with Crippen LogP contribution in [0.1, 0.15) is 17.3 Å². The van der Waals surface area contributed by atoms with Crippen molar-refractivity contribution in [2.24, 2.45) is 5.73 Å². The van der Waals surface area contributed by atoms with Crippen molar-refractivity contribution in [1.29, 1.82) is 0 Å². The lowest BCUT2D eigenvalue weighted by atomic mass is 10.0.